The number of hydrogen-bond donors (Lipinski definition) is 0. The van der Waals surface area contributed by atoms with E-state index >= 15 is 0 Å². The van der Waals surface area contributed by atoms with Crippen LogP contribution in [-0.4, -0.2) is 42.7 Å². The van der Waals surface area contributed by atoms with Crippen molar-refractivity contribution >= 4 is 0 Å². The smallest absolute Gasteiger partial charge is 0.120 e. The minimum Gasteiger partial charge on any atom is -0.491 e. The maximum atomic E-state index is 5.74. The number of ether oxygens (including phenoxy) is 1. The van der Waals surface area contributed by atoms with Crippen molar-refractivity contribution in [3.05, 3.63) is 29.8 Å². The monoisotopic (exact) mass is 248 g/mol. The lowest BCUT2D eigenvalue weighted by Crippen LogP contribution is -2.42. The third-order valence-electron chi connectivity index (χ3n) is 3.13. The number of hydrogen-bond acceptors (Lipinski definition) is 3. The second-order valence-electron chi connectivity index (χ2n) is 5.44. The Labute approximate surface area is 110 Å². The van der Waals surface area contributed by atoms with Crippen molar-refractivity contribution in [1.82, 2.24) is 9.80 Å². The molecule has 0 atom stereocenters. The molecule has 2 rings (SSSR count). The number of rotatable bonds is 4. The standard InChI is InChI=1S/C15H24N2O/c1-13(2)18-15-7-4-6-14(10-15)11-17-9-5-8-16(3)12-17/h4,6-7,10,13H,5,8-9,11-12H2,1-3H3. The predicted octanol–water partition coefficient (Wildman–Crippen LogP) is 2.57. The lowest BCUT2D eigenvalue weighted by molar-refractivity contribution is 0.101. The van der Waals surface area contributed by atoms with Gasteiger partial charge < -0.3 is 4.74 Å². The molecular formula is C15H24N2O. The van der Waals surface area contributed by atoms with Gasteiger partial charge in [0.05, 0.1) is 12.8 Å². The maximum absolute atomic E-state index is 5.74. The molecule has 18 heavy (non-hydrogen) atoms. The van der Waals surface area contributed by atoms with Crippen LogP contribution in [-0.2, 0) is 6.54 Å². The Hall–Kier alpha value is -1.06. The van der Waals surface area contributed by atoms with E-state index in [-0.39, 0.29) is 6.10 Å². The minimum atomic E-state index is 0.237. The second-order valence-corrected chi connectivity index (χ2v) is 5.44. The molecule has 100 valence electrons. The summed E-state index contributed by atoms with van der Waals surface area (Å²) in [4.78, 5) is 4.86. The normalized spacial score (nSPS) is 18.2. The van der Waals surface area contributed by atoms with Gasteiger partial charge in [0.25, 0.3) is 0 Å². The van der Waals surface area contributed by atoms with E-state index in [0.29, 0.717) is 0 Å². The van der Waals surface area contributed by atoms with Crippen LogP contribution < -0.4 is 4.74 Å². The van der Waals surface area contributed by atoms with Gasteiger partial charge >= 0.3 is 0 Å². The Morgan fingerprint density at radius 2 is 2.11 bits per heavy atom. The molecule has 0 amide bonds. The van der Waals surface area contributed by atoms with Crippen LogP contribution in [0.25, 0.3) is 0 Å². The Kier molecular flexibility index (Phi) is 4.61. The third-order valence-corrected chi connectivity index (χ3v) is 3.13. The Morgan fingerprint density at radius 3 is 2.83 bits per heavy atom. The summed E-state index contributed by atoms with van der Waals surface area (Å²) < 4.78 is 5.74. The predicted molar refractivity (Wildman–Crippen MR) is 74.7 cm³/mol. The van der Waals surface area contributed by atoms with E-state index in [0.717, 1.165) is 19.0 Å². The lowest BCUT2D eigenvalue weighted by atomic mass is 10.2. The fourth-order valence-electron chi connectivity index (χ4n) is 2.42. The first-order chi connectivity index (χ1) is 8.63. The summed E-state index contributed by atoms with van der Waals surface area (Å²) in [6.07, 6.45) is 1.50. The van der Waals surface area contributed by atoms with Gasteiger partial charge in [-0.05, 0) is 45.0 Å². The molecule has 1 fully saturated rings. The number of nitrogens with zero attached hydrogens (tertiary/aromatic N) is 2. The molecule has 1 aromatic carbocycles. The van der Waals surface area contributed by atoms with E-state index in [1.165, 1.54) is 25.1 Å². The molecule has 0 unspecified atom stereocenters. The maximum Gasteiger partial charge on any atom is 0.120 e. The zero-order chi connectivity index (χ0) is 13.0. The Bertz CT molecular complexity index is 379. The summed E-state index contributed by atoms with van der Waals surface area (Å²) in [5, 5.41) is 0. The van der Waals surface area contributed by atoms with Crippen molar-refractivity contribution in [2.75, 3.05) is 26.8 Å². The van der Waals surface area contributed by atoms with Crippen LogP contribution in [0.15, 0.2) is 24.3 Å². The first-order valence-electron chi connectivity index (χ1n) is 6.80. The third kappa shape index (κ3) is 4.00. The van der Waals surface area contributed by atoms with Gasteiger partial charge in [0.15, 0.2) is 0 Å². The summed E-state index contributed by atoms with van der Waals surface area (Å²) in [5.41, 5.74) is 1.34. The molecule has 1 saturated heterocycles. The largest absolute Gasteiger partial charge is 0.491 e. The van der Waals surface area contributed by atoms with Gasteiger partial charge in [-0.25, -0.2) is 0 Å². The van der Waals surface area contributed by atoms with Crippen molar-refractivity contribution in [2.45, 2.75) is 32.9 Å². The van der Waals surface area contributed by atoms with E-state index in [4.69, 9.17) is 4.74 Å². The van der Waals surface area contributed by atoms with Gasteiger partial charge in [0.2, 0.25) is 0 Å². The first kappa shape index (κ1) is 13.4. The zero-order valence-corrected chi connectivity index (χ0v) is 11.7. The SMILES string of the molecule is CC(C)Oc1cccc(CN2CCCN(C)C2)c1. The van der Waals surface area contributed by atoms with Gasteiger partial charge in [0.1, 0.15) is 5.75 Å². The highest BCUT2D eigenvalue weighted by atomic mass is 16.5. The van der Waals surface area contributed by atoms with E-state index in [1.54, 1.807) is 0 Å². The fraction of sp³-hybridized carbons (Fsp3) is 0.600. The highest BCUT2D eigenvalue weighted by Gasteiger charge is 2.14. The summed E-state index contributed by atoms with van der Waals surface area (Å²) in [6.45, 7) is 8.61. The van der Waals surface area contributed by atoms with E-state index in [2.05, 4.69) is 48.9 Å². The molecule has 0 bridgehead atoms. The molecule has 3 nitrogen and oxygen atoms in total. The second kappa shape index (κ2) is 6.21. The van der Waals surface area contributed by atoms with Crippen molar-refractivity contribution < 1.29 is 4.74 Å². The molecule has 3 heteroatoms. The van der Waals surface area contributed by atoms with Crippen LogP contribution in [0.4, 0.5) is 0 Å². The van der Waals surface area contributed by atoms with Crippen LogP contribution in [0.2, 0.25) is 0 Å². The molecule has 0 N–H and O–H groups in total. The van der Waals surface area contributed by atoms with Crippen LogP contribution in [0.3, 0.4) is 0 Å². The molecule has 0 aromatic heterocycles. The topological polar surface area (TPSA) is 15.7 Å². The van der Waals surface area contributed by atoms with E-state index < -0.39 is 0 Å². The Balaban J connectivity index is 1.96. The van der Waals surface area contributed by atoms with Crippen LogP contribution in [0, 0.1) is 0 Å². The zero-order valence-electron chi connectivity index (χ0n) is 11.7. The molecule has 1 heterocycles. The average molecular weight is 248 g/mol. The van der Waals surface area contributed by atoms with Gasteiger partial charge in [0, 0.05) is 19.6 Å². The molecule has 0 radical (unpaired) electrons. The van der Waals surface area contributed by atoms with Crippen molar-refractivity contribution in [3.63, 3.8) is 0 Å². The molecule has 1 aliphatic heterocycles. The first-order valence-corrected chi connectivity index (χ1v) is 6.80. The van der Waals surface area contributed by atoms with Crippen molar-refractivity contribution in [1.29, 1.82) is 0 Å². The van der Waals surface area contributed by atoms with Gasteiger partial charge in [-0.3, -0.25) is 9.80 Å². The highest BCUT2D eigenvalue weighted by Crippen LogP contribution is 2.17. The van der Waals surface area contributed by atoms with Gasteiger partial charge in [-0.2, -0.15) is 0 Å². The summed E-state index contributed by atoms with van der Waals surface area (Å²) in [7, 11) is 2.18. The van der Waals surface area contributed by atoms with Crippen LogP contribution in [0.5, 0.6) is 5.75 Å². The van der Waals surface area contributed by atoms with E-state index in [1.807, 2.05) is 6.07 Å². The van der Waals surface area contributed by atoms with Gasteiger partial charge in [-0.15, -0.1) is 0 Å². The highest BCUT2D eigenvalue weighted by molar-refractivity contribution is 5.28. The lowest BCUT2D eigenvalue weighted by Gasteiger charge is -2.33. The molecule has 0 aliphatic carbocycles. The molecule has 1 aliphatic rings. The summed E-state index contributed by atoms with van der Waals surface area (Å²) >= 11 is 0. The fourth-order valence-corrected chi connectivity index (χ4v) is 2.42. The number of benzene rings is 1. The summed E-state index contributed by atoms with van der Waals surface area (Å²) in [5.74, 6) is 0.980. The van der Waals surface area contributed by atoms with Gasteiger partial charge in [-0.1, -0.05) is 12.1 Å². The van der Waals surface area contributed by atoms with Crippen LogP contribution >= 0.6 is 0 Å². The van der Waals surface area contributed by atoms with Crippen molar-refractivity contribution in [2.24, 2.45) is 0 Å². The van der Waals surface area contributed by atoms with Crippen LogP contribution in [0.1, 0.15) is 25.8 Å². The summed E-state index contributed by atoms with van der Waals surface area (Å²) in [6, 6.07) is 8.46. The molecule has 0 spiro atoms. The molecule has 1 aromatic rings. The average Bonchev–Trinajstić information content (AvgIpc) is 2.28. The Morgan fingerprint density at radius 1 is 1.28 bits per heavy atom. The quantitative estimate of drug-likeness (QED) is 0.814. The van der Waals surface area contributed by atoms with Crippen molar-refractivity contribution in [3.8, 4) is 5.75 Å². The molecular weight excluding hydrogens is 224 g/mol. The van der Waals surface area contributed by atoms with E-state index in [9.17, 15) is 0 Å². The molecule has 0 saturated carbocycles. The minimum absolute atomic E-state index is 0.237.